The highest BCUT2D eigenvalue weighted by Crippen LogP contribution is 2.42. The zero-order valence-corrected chi connectivity index (χ0v) is 25.7. The van der Waals surface area contributed by atoms with E-state index in [0.717, 1.165) is 110 Å². The van der Waals surface area contributed by atoms with Crippen molar-refractivity contribution in [2.45, 2.75) is 153 Å². The van der Waals surface area contributed by atoms with E-state index in [-0.39, 0.29) is 55.6 Å². The fraction of sp³-hybridized carbons (Fsp3) is 0.882. The lowest BCUT2D eigenvalue weighted by molar-refractivity contribution is -0.203. The van der Waals surface area contributed by atoms with Crippen LogP contribution in [0.5, 0.6) is 0 Å². The highest BCUT2D eigenvalue weighted by atomic mass is 16.7. The van der Waals surface area contributed by atoms with Crippen LogP contribution in [0.1, 0.15) is 116 Å². The van der Waals surface area contributed by atoms with Gasteiger partial charge >= 0.3 is 0 Å². The van der Waals surface area contributed by atoms with Crippen molar-refractivity contribution in [3.05, 3.63) is 24.3 Å². The molecule has 236 valence electrons. The second kappa shape index (κ2) is 19.5. The molecular weight excluding hydrogens is 520 g/mol. The van der Waals surface area contributed by atoms with E-state index in [1.165, 1.54) is 19.3 Å². The van der Waals surface area contributed by atoms with Crippen molar-refractivity contribution in [2.75, 3.05) is 26.4 Å². The van der Waals surface area contributed by atoms with Gasteiger partial charge in [-0.1, -0.05) is 50.5 Å². The van der Waals surface area contributed by atoms with Crippen LogP contribution in [0.3, 0.4) is 0 Å². The Morgan fingerprint density at radius 3 is 2.05 bits per heavy atom. The lowest BCUT2D eigenvalue weighted by atomic mass is 9.89. The SMILES string of the molecule is CCCCC[C@@H](/C=C/[C@@H]1[C@@H](C/C=C\CCCO)[C@@H](OC2CCCCO2)C[C@H]1OC1CCCCO1)OC1CCCCO1. The number of aliphatic hydroxyl groups is 1. The molecule has 0 aromatic carbocycles. The number of rotatable bonds is 17. The lowest BCUT2D eigenvalue weighted by Gasteiger charge is -2.30. The van der Waals surface area contributed by atoms with Gasteiger partial charge in [-0.2, -0.15) is 0 Å². The number of aliphatic hydroxyl groups excluding tert-OH is 1. The van der Waals surface area contributed by atoms with Crippen molar-refractivity contribution < 1.29 is 33.5 Å². The average Bonchev–Trinajstić information content (AvgIpc) is 3.32. The molecule has 1 saturated carbocycles. The molecule has 0 aromatic heterocycles. The molecule has 3 heterocycles. The van der Waals surface area contributed by atoms with Crippen LogP contribution in [0.4, 0.5) is 0 Å². The molecule has 1 N–H and O–H groups in total. The van der Waals surface area contributed by atoms with Gasteiger partial charge in [-0.15, -0.1) is 0 Å². The highest BCUT2D eigenvalue weighted by Gasteiger charge is 2.45. The summed E-state index contributed by atoms with van der Waals surface area (Å²) in [5.41, 5.74) is 0. The van der Waals surface area contributed by atoms with Crippen LogP contribution < -0.4 is 0 Å². The third-order valence-corrected chi connectivity index (χ3v) is 9.00. The van der Waals surface area contributed by atoms with E-state index in [1.807, 2.05) is 0 Å². The monoisotopic (exact) mass is 578 g/mol. The van der Waals surface area contributed by atoms with Gasteiger partial charge in [-0.25, -0.2) is 0 Å². The Morgan fingerprint density at radius 1 is 0.780 bits per heavy atom. The van der Waals surface area contributed by atoms with E-state index in [0.29, 0.717) is 0 Å². The second-order valence-electron chi connectivity index (χ2n) is 12.3. The van der Waals surface area contributed by atoms with Crippen LogP contribution in [-0.4, -0.2) is 68.7 Å². The maximum atomic E-state index is 9.22. The molecule has 3 aliphatic heterocycles. The maximum absolute atomic E-state index is 9.22. The van der Waals surface area contributed by atoms with Gasteiger partial charge in [0.05, 0.1) is 18.3 Å². The van der Waals surface area contributed by atoms with E-state index in [1.54, 1.807) is 0 Å². The first kappa shape index (κ1) is 33.1. The largest absolute Gasteiger partial charge is 0.396 e. The molecule has 4 fully saturated rings. The molecule has 8 atom stereocenters. The minimum Gasteiger partial charge on any atom is -0.396 e. The Balaban J connectivity index is 1.51. The zero-order valence-electron chi connectivity index (χ0n) is 25.7. The summed E-state index contributed by atoms with van der Waals surface area (Å²) in [6, 6.07) is 0. The maximum Gasteiger partial charge on any atom is 0.158 e. The topological polar surface area (TPSA) is 75.6 Å². The van der Waals surface area contributed by atoms with Crippen LogP contribution in [0, 0.1) is 11.8 Å². The van der Waals surface area contributed by atoms with E-state index < -0.39 is 0 Å². The van der Waals surface area contributed by atoms with Crippen molar-refractivity contribution in [3.8, 4) is 0 Å². The first-order valence-electron chi connectivity index (χ1n) is 17.0. The van der Waals surface area contributed by atoms with Crippen LogP contribution in [0.25, 0.3) is 0 Å². The predicted octanol–water partition coefficient (Wildman–Crippen LogP) is 7.21. The van der Waals surface area contributed by atoms with Crippen molar-refractivity contribution in [2.24, 2.45) is 11.8 Å². The van der Waals surface area contributed by atoms with Gasteiger partial charge in [-0.05, 0) is 89.4 Å². The summed E-state index contributed by atoms with van der Waals surface area (Å²) in [6.45, 7) is 4.83. The summed E-state index contributed by atoms with van der Waals surface area (Å²) in [7, 11) is 0. The first-order chi connectivity index (χ1) is 20.3. The quantitative estimate of drug-likeness (QED) is 0.144. The number of hydrogen-bond acceptors (Lipinski definition) is 7. The van der Waals surface area contributed by atoms with E-state index in [4.69, 9.17) is 28.4 Å². The molecule has 4 rings (SSSR count). The Labute approximate surface area is 249 Å². The average molecular weight is 579 g/mol. The minimum atomic E-state index is -0.137. The third-order valence-electron chi connectivity index (χ3n) is 9.00. The summed E-state index contributed by atoms with van der Waals surface area (Å²) in [4.78, 5) is 0. The van der Waals surface area contributed by atoms with E-state index in [2.05, 4.69) is 31.2 Å². The number of hydrogen-bond donors (Lipinski definition) is 1. The van der Waals surface area contributed by atoms with Crippen LogP contribution >= 0.6 is 0 Å². The van der Waals surface area contributed by atoms with Gasteiger partial charge in [0.2, 0.25) is 0 Å². The van der Waals surface area contributed by atoms with Crippen molar-refractivity contribution in [3.63, 3.8) is 0 Å². The molecule has 0 radical (unpaired) electrons. The molecular formula is C34H58O7. The van der Waals surface area contributed by atoms with Gasteiger partial charge in [0.15, 0.2) is 18.9 Å². The van der Waals surface area contributed by atoms with Gasteiger partial charge in [-0.3, -0.25) is 0 Å². The standard InChI is InChI=1S/C34H58O7/c1-2-3-6-15-27(39-32-17-8-12-23-36-32)20-21-29-28(16-7-4-5-11-22-35)30(40-33-18-9-13-24-37-33)26-31(29)41-34-19-10-14-25-38-34/h4,7,20-21,27-35H,2-3,5-6,8-19,22-26H2,1H3/b7-4-,21-20+/t27-,28+,29+,30-,31+,32?,33?,34?/m0/s1. The highest BCUT2D eigenvalue weighted by molar-refractivity contribution is 5.07. The Bertz CT molecular complexity index is 725. The summed E-state index contributed by atoms with van der Waals surface area (Å²) in [5.74, 6) is 0.471. The second-order valence-corrected chi connectivity index (χ2v) is 12.3. The van der Waals surface area contributed by atoms with Crippen molar-refractivity contribution >= 4 is 0 Å². The Hall–Kier alpha value is -0.800. The number of unbranched alkanes of at least 4 members (excludes halogenated alkanes) is 3. The summed E-state index contributed by atoms with van der Waals surface area (Å²) >= 11 is 0. The van der Waals surface area contributed by atoms with Gasteiger partial charge < -0.3 is 33.5 Å². The van der Waals surface area contributed by atoms with Crippen LogP contribution in [-0.2, 0) is 28.4 Å². The van der Waals surface area contributed by atoms with Crippen molar-refractivity contribution in [1.82, 2.24) is 0 Å². The fourth-order valence-electron chi connectivity index (χ4n) is 6.64. The van der Waals surface area contributed by atoms with Gasteiger partial charge in [0, 0.05) is 38.8 Å². The molecule has 3 unspecified atom stereocenters. The molecule has 3 saturated heterocycles. The molecule has 7 heteroatoms. The smallest absolute Gasteiger partial charge is 0.158 e. The molecule has 7 nitrogen and oxygen atoms in total. The molecule has 4 aliphatic rings. The Kier molecular flexibility index (Phi) is 15.7. The normalized spacial score (nSPS) is 34.0. The predicted molar refractivity (Wildman–Crippen MR) is 160 cm³/mol. The summed E-state index contributed by atoms with van der Waals surface area (Å²) in [6.07, 6.45) is 26.7. The molecule has 0 bridgehead atoms. The molecule has 1 aliphatic carbocycles. The van der Waals surface area contributed by atoms with E-state index in [9.17, 15) is 5.11 Å². The van der Waals surface area contributed by atoms with E-state index >= 15 is 0 Å². The van der Waals surface area contributed by atoms with Crippen LogP contribution in [0.15, 0.2) is 24.3 Å². The number of ether oxygens (including phenoxy) is 6. The summed E-state index contributed by atoms with van der Waals surface area (Å²) < 4.78 is 38.0. The number of allylic oxidation sites excluding steroid dienone is 2. The summed E-state index contributed by atoms with van der Waals surface area (Å²) in [5, 5.41) is 9.22. The van der Waals surface area contributed by atoms with Gasteiger partial charge in [0.25, 0.3) is 0 Å². The Morgan fingerprint density at radius 2 is 1.44 bits per heavy atom. The lowest BCUT2D eigenvalue weighted by Crippen LogP contribution is -2.31. The van der Waals surface area contributed by atoms with Crippen LogP contribution in [0.2, 0.25) is 0 Å². The zero-order chi connectivity index (χ0) is 28.5. The van der Waals surface area contributed by atoms with Crippen molar-refractivity contribution in [1.29, 1.82) is 0 Å². The molecule has 0 spiro atoms. The van der Waals surface area contributed by atoms with Gasteiger partial charge in [0.1, 0.15) is 0 Å². The third kappa shape index (κ3) is 11.7. The fourth-order valence-corrected chi connectivity index (χ4v) is 6.64. The molecule has 0 amide bonds. The molecule has 41 heavy (non-hydrogen) atoms. The first-order valence-corrected chi connectivity index (χ1v) is 17.0. The minimum absolute atomic E-state index is 0.0287. The molecule has 0 aromatic rings.